The molecule has 1 atom stereocenters. The van der Waals surface area contributed by atoms with Gasteiger partial charge in [0.25, 0.3) is 0 Å². The van der Waals surface area contributed by atoms with Crippen molar-refractivity contribution in [2.45, 2.75) is 26.1 Å². The molecule has 38 heavy (non-hydrogen) atoms. The van der Waals surface area contributed by atoms with Gasteiger partial charge in [-0.3, -0.25) is 19.1 Å². The highest BCUT2D eigenvalue weighted by molar-refractivity contribution is 6.04. The minimum absolute atomic E-state index is 0.190. The van der Waals surface area contributed by atoms with Crippen LogP contribution in [0.4, 0.5) is 5.82 Å². The van der Waals surface area contributed by atoms with E-state index in [-0.39, 0.29) is 18.4 Å². The van der Waals surface area contributed by atoms with E-state index in [4.69, 9.17) is 9.72 Å². The van der Waals surface area contributed by atoms with Crippen molar-refractivity contribution in [1.29, 1.82) is 0 Å². The Morgan fingerprint density at radius 2 is 1.95 bits per heavy atom. The quantitative estimate of drug-likeness (QED) is 0.369. The largest absolute Gasteiger partial charge is 0.495 e. The van der Waals surface area contributed by atoms with Crippen molar-refractivity contribution in [3.8, 4) is 22.6 Å². The topological polar surface area (TPSA) is 119 Å². The van der Waals surface area contributed by atoms with Gasteiger partial charge in [-0.25, -0.2) is 9.78 Å². The zero-order valence-electron chi connectivity index (χ0n) is 21.4. The fourth-order valence-corrected chi connectivity index (χ4v) is 5.23. The molecule has 0 aliphatic carbocycles. The first-order valence-corrected chi connectivity index (χ1v) is 12.4. The third-order valence-electron chi connectivity index (χ3n) is 7.29. The standard InChI is InChI=1S/C28H28N6O4/c1-16-23(6-7-26(31-16)33-9-8-19(36)14-33)34-27-20-10-17(18-11-25(38-3)22(15-35)29-12-18)4-5-21(20)30-13-24(27)32(2)28(34)37/h4-7,10-13,19,35-36H,8-9,14-15H2,1-3H3/t19-/m0/s1. The summed E-state index contributed by atoms with van der Waals surface area (Å²) in [5.74, 6) is 1.29. The second-order valence-electron chi connectivity index (χ2n) is 9.59. The smallest absolute Gasteiger partial charge is 0.333 e. The molecule has 1 aliphatic heterocycles. The summed E-state index contributed by atoms with van der Waals surface area (Å²) in [6, 6.07) is 11.5. The first kappa shape index (κ1) is 24.1. The zero-order chi connectivity index (χ0) is 26.6. The van der Waals surface area contributed by atoms with Crippen LogP contribution >= 0.6 is 0 Å². The normalized spacial score (nSPS) is 15.6. The van der Waals surface area contributed by atoms with Gasteiger partial charge < -0.3 is 19.8 Å². The molecule has 0 radical (unpaired) electrons. The fourth-order valence-electron chi connectivity index (χ4n) is 5.23. The second kappa shape index (κ2) is 9.23. The number of ether oxygens (including phenoxy) is 1. The molecule has 5 heterocycles. The molecular weight excluding hydrogens is 484 g/mol. The Balaban J connectivity index is 1.55. The summed E-state index contributed by atoms with van der Waals surface area (Å²) in [4.78, 5) is 29.4. The Hall–Kier alpha value is -4.28. The van der Waals surface area contributed by atoms with E-state index in [0.29, 0.717) is 34.9 Å². The first-order valence-electron chi connectivity index (χ1n) is 12.4. The number of benzene rings is 1. The third kappa shape index (κ3) is 3.80. The molecule has 1 aliphatic rings. The molecule has 2 N–H and O–H groups in total. The van der Waals surface area contributed by atoms with E-state index in [1.165, 1.54) is 0 Å². The third-order valence-corrected chi connectivity index (χ3v) is 7.29. The van der Waals surface area contributed by atoms with Gasteiger partial charge in [0, 0.05) is 37.3 Å². The van der Waals surface area contributed by atoms with E-state index in [1.807, 2.05) is 43.3 Å². The van der Waals surface area contributed by atoms with Crippen molar-refractivity contribution in [3.05, 3.63) is 70.7 Å². The number of methoxy groups -OCH3 is 1. The molecular formula is C28H28N6O4. The molecule has 0 amide bonds. The van der Waals surface area contributed by atoms with Crippen LogP contribution in [0.2, 0.25) is 0 Å². The molecule has 10 heteroatoms. The monoisotopic (exact) mass is 512 g/mol. The molecule has 1 aromatic carbocycles. The van der Waals surface area contributed by atoms with Gasteiger partial charge in [-0.15, -0.1) is 0 Å². The number of hydrogen-bond acceptors (Lipinski definition) is 8. The van der Waals surface area contributed by atoms with Crippen LogP contribution in [0.5, 0.6) is 5.75 Å². The van der Waals surface area contributed by atoms with Gasteiger partial charge in [-0.1, -0.05) is 6.07 Å². The molecule has 1 saturated heterocycles. The number of β-amino-alcohol motifs (C(OH)–C–C–N with tert-alkyl or cyclic N) is 1. The summed E-state index contributed by atoms with van der Waals surface area (Å²) >= 11 is 0. The SMILES string of the molecule is COc1cc(-c2ccc3ncc4c(c3c2)n(-c2ccc(N3CC[C@H](O)C3)nc2C)c(=O)n4C)cnc1CO. The Labute approximate surface area is 218 Å². The predicted octanol–water partition coefficient (Wildman–Crippen LogP) is 2.71. The molecule has 1 fully saturated rings. The van der Waals surface area contributed by atoms with Crippen LogP contribution in [-0.2, 0) is 13.7 Å². The second-order valence-corrected chi connectivity index (χ2v) is 9.59. The van der Waals surface area contributed by atoms with Gasteiger partial charge >= 0.3 is 5.69 Å². The number of fused-ring (bicyclic) bond motifs is 3. The molecule has 5 aromatic rings. The van der Waals surface area contributed by atoms with Crippen molar-refractivity contribution in [2.75, 3.05) is 25.1 Å². The van der Waals surface area contributed by atoms with Gasteiger partial charge in [0.15, 0.2) is 0 Å². The molecule has 10 nitrogen and oxygen atoms in total. The van der Waals surface area contributed by atoms with E-state index in [2.05, 4.69) is 14.9 Å². The lowest BCUT2D eigenvalue weighted by atomic mass is 10.0. The Bertz CT molecular complexity index is 1760. The summed E-state index contributed by atoms with van der Waals surface area (Å²) in [5.41, 5.74) is 5.58. The minimum Gasteiger partial charge on any atom is -0.495 e. The first-order chi connectivity index (χ1) is 18.4. The lowest BCUT2D eigenvalue weighted by Gasteiger charge is -2.18. The van der Waals surface area contributed by atoms with Gasteiger partial charge in [-0.2, -0.15) is 0 Å². The Kier molecular flexibility index (Phi) is 5.85. The minimum atomic E-state index is -0.347. The molecule has 0 bridgehead atoms. The Morgan fingerprint density at radius 3 is 2.66 bits per heavy atom. The number of aryl methyl sites for hydroxylation is 2. The maximum Gasteiger partial charge on any atom is 0.333 e. The highest BCUT2D eigenvalue weighted by Crippen LogP contribution is 2.32. The van der Waals surface area contributed by atoms with Crippen molar-refractivity contribution in [3.63, 3.8) is 0 Å². The van der Waals surface area contributed by atoms with Crippen molar-refractivity contribution in [1.82, 2.24) is 24.1 Å². The highest BCUT2D eigenvalue weighted by atomic mass is 16.5. The average molecular weight is 513 g/mol. The zero-order valence-corrected chi connectivity index (χ0v) is 21.4. The number of pyridine rings is 3. The van der Waals surface area contributed by atoms with Crippen LogP contribution in [0.15, 0.2) is 53.6 Å². The maximum atomic E-state index is 13.6. The number of rotatable bonds is 5. The molecule has 194 valence electrons. The number of nitrogens with zero attached hydrogens (tertiary/aromatic N) is 6. The van der Waals surface area contributed by atoms with Crippen molar-refractivity contribution in [2.24, 2.45) is 7.05 Å². The number of aromatic nitrogens is 5. The van der Waals surface area contributed by atoms with Gasteiger partial charge in [0.05, 0.1) is 53.9 Å². The molecule has 0 unspecified atom stereocenters. The van der Waals surface area contributed by atoms with Gasteiger partial charge in [0.1, 0.15) is 17.3 Å². The van der Waals surface area contributed by atoms with E-state index >= 15 is 0 Å². The number of aliphatic hydroxyl groups excluding tert-OH is 2. The van der Waals surface area contributed by atoms with Crippen LogP contribution in [0.25, 0.3) is 38.8 Å². The molecule has 6 rings (SSSR count). The van der Waals surface area contributed by atoms with Crippen molar-refractivity contribution < 1.29 is 14.9 Å². The van der Waals surface area contributed by atoms with E-state index in [0.717, 1.165) is 46.3 Å². The van der Waals surface area contributed by atoms with E-state index in [9.17, 15) is 15.0 Å². The van der Waals surface area contributed by atoms with E-state index < -0.39 is 0 Å². The summed E-state index contributed by atoms with van der Waals surface area (Å²) in [6.45, 7) is 2.98. The number of imidazole rings is 1. The molecule has 4 aromatic heterocycles. The predicted molar refractivity (Wildman–Crippen MR) is 145 cm³/mol. The van der Waals surface area contributed by atoms with Crippen molar-refractivity contribution >= 4 is 27.8 Å². The number of hydrogen-bond donors (Lipinski definition) is 2. The molecule has 0 saturated carbocycles. The fraction of sp³-hybridized carbons (Fsp3) is 0.286. The maximum absolute atomic E-state index is 13.6. The molecule has 0 spiro atoms. The number of aliphatic hydroxyl groups is 2. The lowest BCUT2D eigenvalue weighted by Crippen LogP contribution is -2.24. The average Bonchev–Trinajstić information content (AvgIpc) is 3.48. The lowest BCUT2D eigenvalue weighted by molar-refractivity contribution is 0.198. The summed E-state index contributed by atoms with van der Waals surface area (Å²) in [7, 11) is 3.29. The van der Waals surface area contributed by atoms with Crippen LogP contribution in [0, 0.1) is 6.92 Å². The summed E-state index contributed by atoms with van der Waals surface area (Å²) in [6.07, 6.45) is 3.79. The van der Waals surface area contributed by atoms with Crippen LogP contribution < -0.4 is 15.3 Å². The van der Waals surface area contributed by atoms with Gasteiger partial charge in [0.2, 0.25) is 0 Å². The highest BCUT2D eigenvalue weighted by Gasteiger charge is 2.23. The Morgan fingerprint density at radius 1 is 1.11 bits per heavy atom. The number of anilines is 1. The van der Waals surface area contributed by atoms with E-state index in [1.54, 1.807) is 35.7 Å². The van der Waals surface area contributed by atoms with Crippen LogP contribution in [-0.4, -0.2) is 60.6 Å². The summed E-state index contributed by atoms with van der Waals surface area (Å²) in [5, 5.41) is 20.3. The summed E-state index contributed by atoms with van der Waals surface area (Å²) < 4.78 is 8.70. The van der Waals surface area contributed by atoms with Crippen LogP contribution in [0.1, 0.15) is 17.8 Å². The van der Waals surface area contributed by atoms with Crippen LogP contribution in [0.3, 0.4) is 0 Å². The van der Waals surface area contributed by atoms with Gasteiger partial charge in [-0.05, 0) is 49.2 Å².